The van der Waals surface area contributed by atoms with Gasteiger partial charge < -0.3 is 9.52 Å². The first-order valence-corrected chi connectivity index (χ1v) is 9.90. The molecule has 5 nitrogen and oxygen atoms in total. The van der Waals surface area contributed by atoms with Crippen molar-refractivity contribution < 1.29 is 19.1 Å². The molecule has 0 fully saturated rings. The summed E-state index contributed by atoms with van der Waals surface area (Å²) in [7, 11) is 0. The molecule has 28 heavy (non-hydrogen) atoms. The lowest BCUT2D eigenvalue weighted by Gasteiger charge is -2.05. The summed E-state index contributed by atoms with van der Waals surface area (Å²) < 4.78 is 8.95. The highest BCUT2D eigenvalue weighted by atomic mass is 79.9. The Kier molecular flexibility index (Phi) is 4.72. The van der Waals surface area contributed by atoms with Crippen LogP contribution in [0.1, 0.15) is 26.6 Å². The summed E-state index contributed by atoms with van der Waals surface area (Å²) in [5.74, 6) is -0.819. The predicted molar refractivity (Wildman–Crippen MR) is 113 cm³/mol. The van der Waals surface area contributed by atoms with Crippen molar-refractivity contribution >= 4 is 54.6 Å². The molecule has 0 aliphatic rings. The maximum absolute atomic E-state index is 13.2. The number of hydrogen-bond acceptors (Lipinski definition) is 3. The van der Waals surface area contributed by atoms with Crippen LogP contribution in [0.3, 0.4) is 0 Å². The number of aromatic carboxylic acids is 1. The number of benzene rings is 2. The Morgan fingerprint density at radius 1 is 1.04 bits per heavy atom. The molecule has 0 spiro atoms. The van der Waals surface area contributed by atoms with Crippen LogP contribution in [0.15, 0.2) is 68.0 Å². The maximum atomic E-state index is 13.2. The van der Waals surface area contributed by atoms with Gasteiger partial charge in [0.2, 0.25) is 0 Å². The zero-order valence-corrected chi connectivity index (χ0v) is 17.7. The summed E-state index contributed by atoms with van der Waals surface area (Å²) in [6, 6.07) is 15.9. The van der Waals surface area contributed by atoms with Gasteiger partial charge in [-0.25, -0.2) is 4.79 Å². The summed E-state index contributed by atoms with van der Waals surface area (Å²) in [5.41, 5.74) is 1.82. The molecule has 2 aromatic carbocycles. The number of carbonyl (C=O) groups excluding carboxylic acids is 1. The summed E-state index contributed by atoms with van der Waals surface area (Å²) in [6.07, 6.45) is 0. The van der Waals surface area contributed by atoms with Crippen LogP contribution >= 0.6 is 31.9 Å². The molecule has 0 bridgehead atoms. The number of halogens is 2. The van der Waals surface area contributed by atoms with Crippen molar-refractivity contribution in [2.75, 3.05) is 0 Å². The molecule has 0 saturated heterocycles. The Morgan fingerprint density at radius 3 is 2.50 bits per heavy atom. The van der Waals surface area contributed by atoms with Crippen molar-refractivity contribution in [3.63, 3.8) is 0 Å². The number of rotatable bonds is 3. The second-order valence-electron chi connectivity index (χ2n) is 6.21. The Hall–Kier alpha value is -2.64. The molecule has 4 rings (SSSR count). The molecule has 0 amide bonds. The average Bonchev–Trinajstić information content (AvgIpc) is 3.23. The molecule has 1 N–H and O–H groups in total. The minimum absolute atomic E-state index is 0.117. The number of aromatic nitrogens is 1. The number of carboxylic acid groups (broad SMARTS) is 1. The number of hydrogen-bond donors (Lipinski definition) is 1. The highest BCUT2D eigenvalue weighted by molar-refractivity contribution is 9.11. The van der Waals surface area contributed by atoms with E-state index in [1.54, 1.807) is 43.3 Å². The minimum Gasteiger partial charge on any atom is -0.478 e. The molecule has 7 heteroatoms. The van der Waals surface area contributed by atoms with Crippen molar-refractivity contribution in [3.05, 3.63) is 80.6 Å². The van der Waals surface area contributed by atoms with Crippen molar-refractivity contribution in [2.24, 2.45) is 0 Å². The fraction of sp³-hybridized carbons (Fsp3) is 0.0476. The van der Waals surface area contributed by atoms with E-state index in [9.17, 15) is 14.7 Å². The maximum Gasteiger partial charge on any atom is 0.338 e. The van der Waals surface area contributed by atoms with Crippen LogP contribution in [-0.2, 0) is 0 Å². The average molecular weight is 503 g/mol. The lowest BCUT2D eigenvalue weighted by atomic mass is 10.1. The Balaban J connectivity index is 1.83. The van der Waals surface area contributed by atoms with E-state index < -0.39 is 11.9 Å². The highest BCUT2D eigenvalue weighted by Crippen LogP contribution is 2.33. The zero-order chi connectivity index (χ0) is 20.0. The third kappa shape index (κ3) is 3.00. The van der Waals surface area contributed by atoms with Crippen LogP contribution in [-0.4, -0.2) is 21.6 Å². The van der Waals surface area contributed by atoms with E-state index in [0.717, 1.165) is 14.5 Å². The van der Waals surface area contributed by atoms with Gasteiger partial charge in [0.15, 0.2) is 5.76 Å². The Labute approximate surface area is 176 Å². The van der Waals surface area contributed by atoms with E-state index in [-0.39, 0.29) is 11.3 Å². The minimum atomic E-state index is -1.07. The zero-order valence-electron chi connectivity index (χ0n) is 14.6. The van der Waals surface area contributed by atoms with Gasteiger partial charge in [-0.2, -0.15) is 0 Å². The van der Waals surface area contributed by atoms with E-state index >= 15 is 0 Å². The lowest BCUT2D eigenvalue weighted by molar-refractivity contribution is 0.0698. The highest BCUT2D eigenvalue weighted by Gasteiger charge is 2.25. The molecule has 0 unspecified atom stereocenters. The molecule has 2 heterocycles. The summed E-state index contributed by atoms with van der Waals surface area (Å²) in [4.78, 5) is 24.9. The van der Waals surface area contributed by atoms with Crippen LogP contribution in [0.25, 0.3) is 22.2 Å². The smallest absolute Gasteiger partial charge is 0.338 e. The van der Waals surface area contributed by atoms with Gasteiger partial charge in [-0.3, -0.25) is 9.36 Å². The van der Waals surface area contributed by atoms with Gasteiger partial charge in [-0.05, 0) is 59.3 Å². The first-order valence-electron chi connectivity index (χ1n) is 8.31. The molecule has 0 radical (unpaired) electrons. The van der Waals surface area contributed by atoms with Crippen molar-refractivity contribution in [1.29, 1.82) is 0 Å². The molecule has 4 aromatic rings. The van der Waals surface area contributed by atoms with Crippen LogP contribution in [0, 0.1) is 6.92 Å². The second-order valence-corrected chi connectivity index (χ2v) is 7.98. The monoisotopic (exact) mass is 501 g/mol. The Bertz CT molecular complexity index is 1250. The van der Waals surface area contributed by atoms with E-state index in [0.29, 0.717) is 22.4 Å². The van der Waals surface area contributed by atoms with Gasteiger partial charge in [-0.15, -0.1) is 0 Å². The lowest BCUT2D eigenvalue weighted by Crippen LogP contribution is -2.13. The van der Waals surface area contributed by atoms with E-state index in [1.807, 2.05) is 18.2 Å². The van der Waals surface area contributed by atoms with Crippen LogP contribution in [0.5, 0.6) is 0 Å². The molecule has 0 saturated carbocycles. The summed E-state index contributed by atoms with van der Waals surface area (Å²) in [5, 5.41) is 10.1. The topological polar surface area (TPSA) is 72.4 Å². The number of furan rings is 1. The SMILES string of the molecule is Cc1c(C(=O)O)c2ccccc2n1C(=O)c1ccc(-c2ccc(Br)cc2Br)o1. The van der Waals surface area contributed by atoms with Crippen molar-refractivity contribution in [2.45, 2.75) is 6.92 Å². The Morgan fingerprint density at radius 2 is 1.79 bits per heavy atom. The largest absolute Gasteiger partial charge is 0.478 e. The van der Waals surface area contributed by atoms with E-state index in [4.69, 9.17) is 4.42 Å². The first-order chi connectivity index (χ1) is 13.4. The number of para-hydroxylation sites is 1. The van der Waals surface area contributed by atoms with Crippen LogP contribution in [0.2, 0.25) is 0 Å². The number of carbonyl (C=O) groups is 2. The van der Waals surface area contributed by atoms with Gasteiger partial charge in [0.05, 0.1) is 11.1 Å². The van der Waals surface area contributed by atoms with Crippen LogP contribution < -0.4 is 0 Å². The standard InChI is InChI=1S/C21H13Br2NO4/c1-11-19(21(26)27)14-4-2-3-5-16(14)24(11)20(25)18-9-8-17(28-18)13-7-6-12(22)10-15(13)23/h2-10H,1H3,(H,26,27). The molecular weight excluding hydrogens is 490 g/mol. The van der Waals surface area contributed by atoms with Gasteiger partial charge in [0.1, 0.15) is 5.76 Å². The third-order valence-electron chi connectivity index (χ3n) is 4.54. The molecule has 0 aliphatic carbocycles. The molecule has 0 atom stereocenters. The summed E-state index contributed by atoms with van der Waals surface area (Å²) >= 11 is 6.90. The fourth-order valence-corrected chi connectivity index (χ4v) is 4.54. The van der Waals surface area contributed by atoms with E-state index in [1.165, 1.54) is 4.57 Å². The quantitative estimate of drug-likeness (QED) is 0.366. The molecular formula is C21H13Br2NO4. The third-order valence-corrected chi connectivity index (χ3v) is 5.69. The summed E-state index contributed by atoms with van der Waals surface area (Å²) in [6.45, 7) is 1.62. The van der Waals surface area contributed by atoms with Gasteiger partial charge >= 0.3 is 5.97 Å². The van der Waals surface area contributed by atoms with E-state index in [2.05, 4.69) is 31.9 Å². The number of carboxylic acids is 1. The molecule has 2 aromatic heterocycles. The van der Waals surface area contributed by atoms with Gasteiger partial charge in [-0.1, -0.05) is 34.1 Å². The van der Waals surface area contributed by atoms with Crippen molar-refractivity contribution in [3.8, 4) is 11.3 Å². The second kappa shape index (κ2) is 7.07. The molecule has 0 aliphatic heterocycles. The van der Waals surface area contributed by atoms with Crippen molar-refractivity contribution in [1.82, 2.24) is 4.57 Å². The normalized spacial score (nSPS) is 11.1. The first kappa shape index (κ1) is 18.7. The fourth-order valence-electron chi connectivity index (χ4n) is 3.30. The number of nitrogens with zero attached hydrogens (tertiary/aromatic N) is 1. The van der Waals surface area contributed by atoms with Gasteiger partial charge in [0.25, 0.3) is 5.91 Å². The van der Waals surface area contributed by atoms with Crippen LogP contribution in [0.4, 0.5) is 0 Å². The number of fused-ring (bicyclic) bond motifs is 1. The van der Waals surface area contributed by atoms with Gasteiger partial charge in [0, 0.05) is 25.6 Å². The predicted octanol–water partition coefficient (Wildman–Crippen LogP) is 6.12. The molecule has 140 valence electrons.